The molecule has 0 radical (unpaired) electrons. The van der Waals surface area contributed by atoms with Crippen LogP contribution in [0.25, 0.3) is 0 Å². The average molecular weight is 542 g/mol. The minimum Gasteiger partial charge on any atom is -0.337 e. The molecule has 1 amide bonds. The van der Waals surface area contributed by atoms with E-state index >= 15 is 0 Å². The Bertz CT molecular complexity index is 692. The lowest BCUT2D eigenvalue weighted by atomic mass is 9.90. The fraction of sp³-hybridized carbons (Fsp3) is 0.938. The number of hydrogen-bond donors (Lipinski definition) is 0. The fourth-order valence-corrected chi connectivity index (χ4v) is 2.54. The highest BCUT2D eigenvalue weighted by Gasteiger charge is 2.93. The van der Waals surface area contributed by atoms with Gasteiger partial charge in [0, 0.05) is 13.1 Å². The first kappa shape index (κ1) is 31.8. The van der Waals surface area contributed by atoms with Gasteiger partial charge >= 0.3 is 40.9 Å². The minimum atomic E-state index is -8.25. The van der Waals surface area contributed by atoms with Crippen LogP contribution in [-0.4, -0.2) is 64.8 Å². The molecule has 0 spiro atoms. The molecule has 0 aromatic heterocycles. The Balaban J connectivity index is 6.65. The number of amides is 1. The third-order valence-electron chi connectivity index (χ3n) is 4.05. The molecule has 0 fully saturated rings. The lowest BCUT2D eigenvalue weighted by molar-refractivity contribution is -0.432. The number of carbonyl (C=O) groups excluding carboxylic acids is 1. The first-order valence-corrected chi connectivity index (χ1v) is 9.15. The Morgan fingerprint density at radius 2 is 0.879 bits per heavy atom. The van der Waals surface area contributed by atoms with Crippen molar-refractivity contribution in [3.8, 4) is 0 Å². The Morgan fingerprint density at radius 3 is 1.15 bits per heavy atom. The highest BCUT2D eigenvalue weighted by atomic mass is 35.5. The van der Waals surface area contributed by atoms with E-state index in [-0.39, 0.29) is 4.90 Å². The van der Waals surface area contributed by atoms with Crippen molar-refractivity contribution in [2.75, 3.05) is 13.1 Å². The second kappa shape index (κ2) is 9.10. The third kappa shape index (κ3) is 5.09. The molecule has 0 aromatic carbocycles. The number of halogens is 15. The maximum absolute atomic E-state index is 14.1. The number of alkyl halides is 15. The van der Waals surface area contributed by atoms with Gasteiger partial charge in [0.1, 0.15) is 0 Å². The molecule has 17 heteroatoms. The number of rotatable bonds is 11. The molecule has 0 bridgehead atoms. The van der Waals surface area contributed by atoms with E-state index in [2.05, 4.69) is 11.6 Å². The van der Waals surface area contributed by atoms with Crippen molar-refractivity contribution < 1.29 is 66.3 Å². The van der Waals surface area contributed by atoms with E-state index < -0.39 is 71.7 Å². The number of nitrogens with zero attached hydrogens (tertiary/aromatic N) is 1. The van der Waals surface area contributed by atoms with E-state index in [0.29, 0.717) is 0 Å². The van der Waals surface area contributed by atoms with Gasteiger partial charge in [-0.05, 0) is 23.4 Å². The molecule has 0 rings (SSSR count). The van der Waals surface area contributed by atoms with Gasteiger partial charge in [0.25, 0.3) is 5.91 Å². The Morgan fingerprint density at radius 1 is 0.606 bits per heavy atom. The summed E-state index contributed by atoms with van der Waals surface area (Å²) in [5.74, 6) is -51.5. The van der Waals surface area contributed by atoms with E-state index in [1.165, 1.54) is 27.7 Å². The first-order valence-electron chi connectivity index (χ1n) is 8.77. The standard InChI is InChI=1S/C16H18ClF14NO/c1-7(2)5-32(6-8(3)4)9(33)10(18,19)11(20,21)12(22,23)13(24,25)14(26,27)15(28,29)16(17,30)31/h7-8H,5-6H2,1-4H3. The lowest BCUT2D eigenvalue weighted by Gasteiger charge is -2.42. The minimum absolute atomic E-state index is 0.142. The van der Waals surface area contributed by atoms with Gasteiger partial charge in [-0.1, -0.05) is 27.7 Å². The largest absolute Gasteiger partial charge is 0.393 e. The molecule has 0 atom stereocenters. The number of carbonyl (C=O) groups is 1. The van der Waals surface area contributed by atoms with Crippen LogP contribution in [0.5, 0.6) is 0 Å². The van der Waals surface area contributed by atoms with Crippen LogP contribution >= 0.6 is 11.6 Å². The van der Waals surface area contributed by atoms with Crippen LogP contribution < -0.4 is 0 Å². The summed E-state index contributed by atoms with van der Waals surface area (Å²) in [6.07, 6.45) is 0. The van der Waals surface area contributed by atoms with Crippen molar-refractivity contribution in [3.05, 3.63) is 0 Å². The molecule has 0 aromatic rings. The summed E-state index contributed by atoms with van der Waals surface area (Å²) in [7, 11) is 0. The van der Waals surface area contributed by atoms with E-state index in [9.17, 15) is 66.3 Å². The van der Waals surface area contributed by atoms with Crippen LogP contribution in [0.1, 0.15) is 27.7 Å². The maximum atomic E-state index is 14.1. The second-order valence-electron chi connectivity index (χ2n) is 7.94. The van der Waals surface area contributed by atoms with Crippen LogP contribution in [0.3, 0.4) is 0 Å². The molecule has 0 aliphatic heterocycles. The van der Waals surface area contributed by atoms with Gasteiger partial charge in [0.2, 0.25) is 0 Å². The fourth-order valence-electron chi connectivity index (χ4n) is 2.42. The molecular weight excluding hydrogens is 524 g/mol. The highest BCUT2D eigenvalue weighted by Crippen LogP contribution is 2.62. The van der Waals surface area contributed by atoms with Crippen molar-refractivity contribution in [1.82, 2.24) is 4.90 Å². The molecule has 0 aliphatic rings. The Hall–Kier alpha value is -1.22. The van der Waals surface area contributed by atoms with Crippen LogP contribution in [-0.2, 0) is 4.79 Å². The monoisotopic (exact) mass is 541 g/mol. The maximum Gasteiger partial charge on any atom is 0.393 e. The van der Waals surface area contributed by atoms with Crippen LogP contribution in [0, 0.1) is 11.8 Å². The summed E-state index contributed by atoms with van der Waals surface area (Å²) in [6, 6.07) is 0. The Kier molecular flexibility index (Phi) is 8.76. The van der Waals surface area contributed by atoms with Crippen LogP contribution in [0.4, 0.5) is 61.5 Å². The molecule has 0 saturated heterocycles. The first-order chi connectivity index (χ1) is 14.1. The van der Waals surface area contributed by atoms with Crippen LogP contribution in [0.2, 0.25) is 0 Å². The summed E-state index contributed by atoms with van der Waals surface area (Å²) >= 11 is 3.52. The molecule has 0 heterocycles. The van der Waals surface area contributed by atoms with Gasteiger partial charge < -0.3 is 4.90 Å². The number of hydrogen-bond acceptors (Lipinski definition) is 1. The molecule has 198 valence electrons. The molecule has 0 N–H and O–H groups in total. The van der Waals surface area contributed by atoms with Crippen molar-refractivity contribution in [2.24, 2.45) is 11.8 Å². The smallest absolute Gasteiger partial charge is 0.337 e. The lowest BCUT2D eigenvalue weighted by Crippen LogP contribution is -2.74. The zero-order valence-electron chi connectivity index (χ0n) is 17.1. The molecular formula is C16H18ClF14NO. The van der Waals surface area contributed by atoms with Crippen molar-refractivity contribution in [1.29, 1.82) is 0 Å². The zero-order valence-corrected chi connectivity index (χ0v) is 17.8. The van der Waals surface area contributed by atoms with Gasteiger partial charge in [0.15, 0.2) is 0 Å². The van der Waals surface area contributed by atoms with Gasteiger partial charge in [-0.2, -0.15) is 61.5 Å². The molecule has 0 saturated carbocycles. The summed E-state index contributed by atoms with van der Waals surface area (Å²) in [6.45, 7) is 3.36. The topological polar surface area (TPSA) is 20.3 Å². The molecule has 0 aliphatic carbocycles. The van der Waals surface area contributed by atoms with Gasteiger partial charge in [-0.15, -0.1) is 0 Å². The van der Waals surface area contributed by atoms with Gasteiger partial charge in [-0.3, -0.25) is 4.79 Å². The van der Waals surface area contributed by atoms with Crippen LogP contribution in [0.15, 0.2) is 0 Å². The average Bonchev–Trinajstić information content (AvgIpc) is 2.57. The Labute approximate surface area is 183 Å². The SMILES string of the molecule is CC(C)CN(CC(C)C)C(=O)C(F)(F)C(F)(F)C(F)(F)C(F)(F)C(F)(F)C(F)(F)C(F)(F)Cl. The van der Waals surface area contributed by atoms with E-state index in [0.717, 1.165) is 0 Å². The second-order valence-corrected chi connectivity index (χ2v) is 8.42. The summed E-state index contributed by atoms with van der Waals surface area (Å²) < 4.78 is 189. The van der Waals surface area contributed by atoms with Gasteiger partial charge in [-0.25, -0.2) is 0 Å². The highest BCUT2D eigenvalue weighted by molar-refractivity contribution is 6.22. The quantitative estimate of drug-likeness (QED) is 0.209. The van der Waals surface area contributed by atoms with E-state index in [1.807, 2.05) is 0 Å². The summed E-state index contributed by atoms with van der Waals surface area (Å²) in [5.41, 5.74) is 0. The summed E-state index contributed by atoms with van der Waals surface area (Å²) in [4.78, 5) is 11.8. The van der Waals surface area contributed by atoms with Crippen molar-refractivity contribution in [2.45, 2.75) is 68.6 Å². The van der Waals surface area contributed by atoms with E-state index in [4.69, 9.17) is 0 Å². The van der Waals surface area contributed by atoms with Crippen molar-refractivity contribution in [3.63, 3.8) is 0 Å². The van der Waals surface area contributed by atoms with Crippen molar-refractivity contribution >= 4 is 17.5 Å². The van der Waals surface area contributed by atoms with E-state index in [1.54, 1.807) is 0 Å². The molecule has 33 heavy (non-hydrogen) atoms. The summed E-state index contributed by atoms with van der Waals surface area (Å²) in [5, 5.41) is -6.70. The predicted octanol–water partition coefficient (Wildman–Crippen LogP) is 6.77. The molecule has 2 nitrogen and oxygen atoms in total. The zero-order chi connectivity index (χ0) is 27.2. The predicted molar refractivity (Wildman–Crippen MR) is 86.7 cm³/mol. The van der Waals surface area contributed by atoms with Gasteiger partial charge in [0.05, 0.1) is 0 Å². The molecule has 0 unspecified atom stereocenters. The third-order valence-corrected chi connectivity index (χ3v) is 4.29. The normalized spacial score (nSPS) is 15.4.